The number of Topliss-reactive ketones (excluding diaryl/α,β-unsaturated/α-hetero) is 1. The number of hydrogen-bond acceptors (Lipinski definition) is 5. The molecule has 0 spiro atoms. The zero-order valence-electron chi connectivity index (χ0n) is 22.0. The number of ether oxygens (including phenoxy) is 1. The monoisotopic (exact) mass is 542 g/mol. The Morgan fingerprint density at radius 3 is 2.31 bits per heavy atom. The molecule has 0 aromatic heterocycles. The van der Waals surface area contributed by atoms with Crippen molar-refractivity contribution in [2.75, 3.05) is 13.7 Å². The number of methoxy groups -OCH3 is 1. The average molecular weight is 543 g/mol. The summed E-state index contributed by atoms with van der Waals surface area (Å²) in [5.74, 6) is -3.19. The van der Waals surface area contributed by atoms with E-state index in [2.05, 4.69) is 23.6 Å². The lowest BCUT2D eigenvalue weighted by molar-refractivity contribution is -0.122. The number of carbonyl (C=O) groups is 2. The number of hydrogen-bond donors (Lipinski definition) is 3. The van der Waals surface area contributed by atoms with Gasteiger partial charge >= 0.3 is 0 Å². The second kappa shape index (κ2) is 14.5. The molecule has 208 valence electrons. The summed E-state index contributed by atoms with van der Waals surface area (Å²) in [5, 5.41) is 16.7. The quantitative estimate of drug-likeness (QED) is 0.261. The molecule has 0 bridgehead atoms. The van der Waals surface area contributed by atoms with Gasteiger partial charge in [-0.1, -0.05) is 31.2 Å². The van der Waals surface area contributed by atoms with Crippen molar-refractivity contribution < 1.29 is 32.6 Å². The fraction of sp³-hybridized carbons (Fsp3) is 0.333. The molecule has 6 nitrogen and oxygen atoms in total. The zero-order valence-corrected chi connectivity index (χ0v) is 22.0. The van der Waals surface area contributed by atoms with E-state index in [4.69, 9.17) is 4.74 Å². The lowest BCUT2D eigenvalue weighted by Gasteiger charge is -2.25. The van der Waals surface area contributed by atoms with Crippen LogP contribution >= 0.6 is 0 Å². The molecular formula is C30H33F3N2O4. The van der Waals surface area contributed by atoms with Gasteiger partial charge in [0.05, 0.1) is 19.3 Å². The van der Waals surface area contributed by atoms with Crippen molar-refractivity contribution >= 4 is 11.7 Å². The standard InChI is InChI=1S/C30H33F3N2O4/c1-3-19-5-4-6-20(11-19)17-34-18-28(37)26(14-21-12-23(31)16-24(32)13-21)35-30(38)10-8-27(36)22-7-9-29(39-2)25(33)15-22/h4-7,9,11-13,15-16,26,28,34,37H,3,8,10,14,17-18H2,1-2H3,(H,35,38)/t26-,28-/m0/s1. The predicted molar refractivity (Wildman–Crippen MR) is 142 cm³/mol. The SMILES string of the molecule is CCc1cccc(CNC[C@H](O)[C@H](Cc2cc(F)cc(F)c2)NC(=O)CCC(=O)c2ccc(OC)c(F)c2)c1. The molecule has 0 unspecified atom stereocenters. The third kappa shape index (κ3) is 9.23. The van der Waals surface area contributed by atoms with Gasteiger partial charge in [0.1, 0.15) is 11.6 Å². The van der Waals surface area contributed by atoms with Crippen LogP contribution < -0.4 is 15.4 Å². The number of rotatable bonds is 14. The molecule has 3 rings (SSSR count). The van der Waals surface area contributed by atoms with Crippen LogP contribution in [-0.2, 0) is 24.2 Å². The fourth-order valence-corrected chi connectivity index (χ4v) is 4.22. The first-order chi connectivity index (χ1) is 18.7. The van der Waals surface area contributed by atoms with Gasteiger partial charge in [0.25, 0.3) is 0 Å². The average Bonchev–Trinajstić information content (AvgIpc) is 2.90. The van der Waals surface area contributed by atoms with Crippen LogP contribution in [0.25, 0.3) is 0 Å². The van der Waals surface area contributed by atoms with E-state index in [0.717, 1.165) is 36.2 Å². The van der Waals surface area contributed by atoms with E-state index < -0.39 is 41.3 Å². The van der Waals surface area contributed by atoms with Gasteiger partial charge in [-0.15, -0.1) is 0 Å². The maximum Gasteiger partial charge on any atom is 0.220 e. The smallest absolute Gasteiger partial charge is 0.220 e. The Kier molecular flexibility index (Phi) is 11.1. The van der Waals surface area contributed by atoms with E-state index in [-0.39, 0.29) is 42.7 Å². The van der Waals surface area contributed by atoms with Gasteiger partial charge in [-0.05, 0) is 59.9 Å². The van der Waals surface area contributed by atoms with E-state index in [0.29, 0.717) is 6.54 Å². The zero-order chi connectivity index (χ0) is 28.4. The highest BCUT2D eigenvalue weighted by Gasteiger charge is 2.23. The molecule has 3 N–H and O–H groups in total. The summed E-state index contributed by atoms with van der Waals surface area (Å²) >= 11 is 0. The summed E-state index contributed by atoms with van der Waals surface area (Å²) in [6.07, 6.45) is -0.649. The number of aryl methyl sites for hydroxylation is 1. The normalized spacial score (nSPS) is 12.6. The highest BCUT2D eigenvalue weighted by Crippen LogP contribution is 2.19. The number of carbonyl (C=O) groups excluding carboxylic acids is 2. The molecule has 3 aromatic rings. The molecule has 2 atom stereocenters. The summed E-state index contributed by atoms with van der Waals surface area (Å²) in [6, 6.07) is 13.9. The van der Waals surface area contributed by atoms with E-state index in [1.54, 1.807) is 0 Å². The van der Waals surface area contributed by atoms with Crippen molar-refractivity contribution in [1.82, 2.24) is 10.6 Å². The van der Waals surface area contributed by atoms with Crippen LogP contribution in [0.3, 0.4) is 0 Å². The molecule has 0 radical (unpaired) electrons. The van der Waals surface area contributed by atoms with Crippen LogP contribution in [0.4, 0.5) is 13.2 Å². The Balaban J connectivity index is 1.63. The summed E-state index contributed by atoms with van der Waals surface area (Å²) in [5.41, 5.74) is 2.57. The van der Waals surface area contributed by atoms with Crippen LogP contribution in [0.1, 0.15) is 46.8 Å². The Morgan fingerprint density at radius 2 is 1.64 bits per heavy atom. The van der Waals surface area contributed by atoms with E-state index >= 15 is 0 Å². The predicted octanol–water partition coefficient (Wildman–Crippen LogP) is 4.52. The van der Waals surface area contributed by atoms with Gasteiger partial charge < -0.3 is 20.5 Å². The summed E-state index contributed by atoms with van der Waals surface area (Å²) in [7, 11) is 1.31. The molecule has 3 aromatic carbocycles. The second-order valence-electron chi connectivity index (χ2n) is 9.30. The highest BCUT2D eigenvalue weighted by atomic mass is 19.1. The van der Waals surface area contributed by atoms with Gasteiger partial charge in [0.2, 0.25) is 5.91 Å². The highest BCUT2D eigenvalue weighted by molar-refractivity contribution is 5.98. The maximum absolute atomic E-state index is 13.9. The topological polar surface area (TPSA) is 87.7 Å². The van der Waals surface area contributed by atoms with Gasteiger partial charge in [-0.25, -0.2) is 13.2 Å². The second-order valence-corrected chi connectivity index (χ2v) is 9.30. The van der Waals surface area contributed by atoms with Gasteiger partial charge in [0, 0.05) is 37.6 Å². The number of aliphatic hydroxyl groups excluding tert-OH is 1. The molecule has 9 heteroatoms. The van der Waals surface area contributed by atoms with Crippen LogP contribution in [0.2, 0.25) is 0 Å². The minimum Gasteiger partial charge on any atom is -0.494 e. The van der Waals surface area contributed by atoms with E-state index in [1.807, 2.05) is 18.2 Å². The Labute approximate surface area is 226 Å². The number of benzene rings is 3. The van der Waals surface area contributed by atoms with Crippen molar-refractivity contribution in [3.63, 3.8) is 0 Å². The van der Waals surface area contributed by atoms with Gasteiger partial charge in [-0.3, -0.25) is 9.59 Å². The van der Waals surface area contributed by atoms with Crippen molar-refractivity contribution in [2.24, 2.45) is 0 Å². The number of halogens is 3. The first kappa shape index (κ1) is 29.9. The number of ketones is 1. The first-order valence-corrected chi connectivity index (χ1v) is 12.8. The molecule has 1 amide bonds. The van der Waals surface area contributed by atoms with E-state index in [1.165, 1.54) is 24.8 Å². The molecule has 0 fully saturated rings. The van der Waals surface area contributed by atoms with Crippen LogP contribution in [-0.4, -0.2) is 42.6 Å². The van der Waals surface area contributed by atoms with Crippen LogP contribution in [0.5, 0.6) is 5.75 Å². The third-order valence-electron chi connectivity index (χ3n) is 6.32. The maximum atomic E-state index is 13.9. The van der Waals surface area contributed by atoms with Crippen molar-refractivity contribution in [1.29, 1.82) is 0 Å². The molecule has 0 aliphatic heterocycles. The number of aliphatic hydroxyl groups is 1. The molecule has 0 heterocycles. The lowest BCUT2D eigenvalue weighted by Crippen LogP contribution is -2.48. The van der Waals surface area contributed by atoms with E-state index in [9.17, 15) is 27.9 Å². The molecule has 0 aliphatic carbocycles. The van der Waals surface area contributed by atoms with Gasteiger partial charge in [-0.2, -0.15) is 0 Å². The van der Waals surface area contributed by atoms with Crippen molar-refractivity contribution in [3.8, 4) is 5.75 Å². The lowest BCUT2D eigenvalue weighted by atomic mass is 9.99. The molecule has 0 saturated heterocycles. The third-order valence-corrected chi connectivity index (χ3v) is 6.32. The van der Waals surface area contributed by atoms with Gasteiger partial charge in [0.15, 0.2) is 17.3 Å². The van der Waals surface area contributed by atoms with Crippen LogP contribution in [0, 0.1) is 17.5 Å². The van der Waals surface area contributed by atoms with Crippen molar-refractivity contribution in [2.45, 2.75) is 51.3 Å². The van der Waals surface area contributed by atoms with Crippen LogP contribution in [0.15, 0.2) is 60.7 Å². The number of amides is 1. The fourth-order valence-electron chi connectivity index (χ4n) is 4.22. The molecular weight excluding hydrogens is 509 g/mol. The first-order valence-electron chi connectivity index (χ1n) is 12.8. The summed E-state index contributed by atoms with van der Waals surface area (Å²) in [6.45, 7) is 2.64. The largest absolute Gasteiger partial charge is 0.494 e. The summed E-state index contributed by atoms with van der Waals surface area (Å²) < 4.78 is 46.3. The molecule has 39 heavy (non-hydrogen) atoms. The minimum absolute atomic E-state index is 0.00147. The molecule has 0 aliphatic rings. The Morgan fingerprint density at radius 1 is 0.923 bits per heavy atom. The van der Waals surface area contributed by atoms with Crippen molar-refractivity contribution in [3.05, 3.63) is 100 Å². The molecule has 0 saturated carbocycles. The summed E-state index contributed by atoms with van der Waals surface area (Å²) in [4.78, 5) is 25.2. The minimum atomic E-state index is -1.10. The Hall–Kier alpha value is -3.69. The Bertz CT molecular complexity index is 1260. The number of nitrogens with one attached hydrogen (secondary N) is 2.